The van der Waals surface area contributed by atoms with Gasteiger partial charge >= 0.3 is 12.0 Å². The maximum Gasteiger partial charge on any atom is 0.323 e. The zero-order chi connectivity index (χ0) is 14.1. The molecule has 2 N–H and O–H groups in total. The Morgan fingerprint density at radius 2 is 2.06 bits per heavy atom. The number of amides is 2. The summed E-state index contributed by atoms with van der Waals surface area (Å²) in [5, 5.41) is 11.5. The lowest BCUT2D eigenvalue weighted by Gasteiger charge is -2.23. The second-order valence-corrected chi connectivity index (χ2v) is 4.55. The molecule has 0 bridgehead atoms. The van der Waals surface area contributed by atoms with Crippen LogP contribution in [0.2, 0.25) is 0 Å². The van der Waals surface area contributed by atoms with E-state index in [9.17, 15) is 9.59 Å². The molecule has 0 saturated carbocycles. The van der Waals surface area contributed by atoms with Crippen LogP contribution in [-0.4, -0.2) is 41.1 Å². The first kappa shape index (κ1) is 16.3. The van der Waals surface area contributed by atoms with E-state index in [1.54, 1.807) is 0 Å². The minimum atomic E-state index is -1.07. The molecule has 0 aliphatic carbocycles. The Morgan fingerprint density at radius 3 is 2.50 bits per heavy atom. The molecule has 0 aromatic rings. The van der Waals surface area contributed by atoms with Gasteiger partial charge in [0.2, 0.25) is 0 Å². The van der Waals surface area contributed by atoms with E-state index < -0.39 is 12.0 Å². The van der Waals surface area contributed by atoms with Crippen molar-refractivity contribution in [3.8, 4) is 12.3 Å². The zero-order valence-electron chi connectivity index (χ0n) is 11.3. The van der Waals surface area contributed by atoms with Crippen LogP contribution in [0.3, 0.4) is 0 Å². The zero-order valence-corrected chi connectivity index (χ0v) is 11.3. The number of urea groups is 1. The summed E-state index contributed by atoms with van der Waals surface area (Å²) >= 11 is 0. The number of nitrogens with one attached hydrogen (secondary N) is 1. The van der Waals surface area contributed by atoms with E-state index in [1.807, 2.05) is 6.92 Å². The molecule has 0 aromatic heterocycles. The lowest BCUT2D eigenvalue weighted by Crippen LogP contribution is -2.46. The van der Waals surface area contributed by atoms with Gasteiger partial charge in [0.25, 0.3) is 0 Å². The minimum Gasteiger partial charge on any atom is -0.480 e. The van der Waals surface area contributed by atoms with E-state index >= 15 is 0 Å². The molecular formula is C13H22N2O3. The fourth-order valence-electron chi connectivity index (χ4n) is 1.60. The summed E-state index contributed by atoms with van der Waals surface area (Å²) in [6, 6.07) is -0.423. The first-order valence-electron chi connectivity index (χ1n) is 6.11. The molecule has 0 aromatic carbocycles. The number of nitrogens with zero attached hydrogens (tertiary/aromatic N) is 1. The van der Waals surface area contributed by atoms with Crippen molar-refractivity contribution < 1.29 is 14.7 Å². The fraction of sp³-hybridized carbons (Fsp3) is 0.692. The number of aliphatic carboxylic acids is 1. The van der Waals surface area contributed by atoms with Gasteiger partial charge in [-0.3, -0.25) is 4.79 Å². The van der Waals surface area contributed by atoms with Gasteiger partial charge in [0.1, 0.15) is 6.54 Å². The average Bonchev–Trinajstić information content (AvgIpc) is 2.27. The maximum absolute atomic E-state index is 11.8. The lowest BCUT2D eigenvalue weighted by atomic mass is 10.0. The third kappa shape index (κ3) is 6.79. The van der Waals surface area contributed by atoms with Crippen LogP contribution in [0, 0.1) is 18.3 Å². The highest BCUT2D eigenvalue weighted by Gasteiger charge is 2.18. The first-order chi connectivity index (χ1) is 8.40. The highest BCUT2D eigenvalue weighted by molar-refractivity contribution is 5.80. The van der Waals surface area contributed by atoms with E-state index in [2.05, 4.69) is 25.1 Å². The van der Waals surface area contributed by atoms with Gasteiger partial charge in [-0.25, -0.2) is 4.79 Å². The molecule has 5 nitrogen and oxygen atoms in total. The predicted molar refractivity (Wildman–Crippen MR) is 70.1 cm³/mol. The van der Waals surface area contributed by atoms with Gasteiger partial charge in [0.15, 0.2) is 0 Å². The van der Waals surface area contributed by atoms with Gasteiger partial charge in [0.05, 0.1) is 6.54 Å². The van der Waals surface area contributed by atoms with Gasteiger partial charge in [0, 0.05) is 6.04 Å². The fourth-order valence-corrected chi connectivity index (χ4v) is 1.60. The summed E-state index contributed by atoms with van der Waals surface area (Å²) in [5.74, 6) is 1.72. The minimum absolute atomic E-state index is 0.00141. The van der Waals surface area contributed by atoms with Crippen molar-refractivity contribution in [1.29, 1.82) is 0 Å². The van der Waals surface area contributed by atoms with E-state index in [-0.39, 0.29) is 19.1 Å². The smallest absolute Gasteiger partial charge is 0.323 e. The lowest BCUT2D eigenvalue weighted by molar-refractivity contribution is -0.137. The average molecular weight is 254 g/mol. The Hall–Kier alpha value is -1.70. The molecule has 18 heavy (non-hydrogen) atoms. The monoisotopic (exact) mass is 254 g/mol. The molecule has 0 spiro atoms. The third-order valence-electron chi connectivity index (χ3n) is 2.72. The van der Waals surface area contributed by atoms with E-state index in [4.69, 9.17) is 11.5 Å². The third-order valence-corrected chi connectivity index (χ3v) is 2.72. The Kier molecular flexibility index (Phi) is 7.61. The molecule has 0 radical (unpaired) electrons. The van der Waals surface area contributed by atoms with Gasteiger partial charge < -0.3 is 15.3 Å². The van der Waals surface area contributed by atoms with Crippen molar-refractivity contribution in [2.75, 3.05) is 13.1 Å². The Morgan fingerprint density at radius 1 is 1.44 bits per heavy atom. The molecule has 2 unspecified atom stereocenters. The first-order valence-corrected chi connectivity index (χ1v) is 6.11. The number of carbonyl (C=O) groups excluding carboxylic acids is 1. The summed E-state index contributed by atoms with van der Waals surface area (Å²) in [5.41, 5.74) is 0. The summed E-state index contributed by atoms with van der Waals surface area (Å²) in [6.45, 7) is 5.71. The SMILES string of the molecule is C#CCN(CC(=O)O)C(=O)NC(C)CC(C)CC. The van der Waals surface area contributed by atoms with Crippen LogP contribution < -0.4 is 5.32 Å². The normalized spacial score (nSPS) is 13.2. The van der Waals surface area contributed by atoms with Crippen molar-refractivity contribution in [2.24, 2.45) is 5.92 Å². The van der Waals surface area contributed by atoms with Crippen molar-refractivity contribution in [1.82, 2.24) is 10.2 Å². The Labute approximate surface area is 109 Å². The molecule has 102 valence electrons. The number of carboxylic acids is 1. The van der Waals surface area contributed by atoms with Crippen LogP contribution in [-0.2, 0) is 4.79 Å². The molecule has 2 atom stereocenters. The van der Waals surface area contributed by atoms with E-state index in [0.717, 1.165) is 17.7 Å². The molecule has 0 rings (SSSR count). The summed E-state index contributed by atoms with van der Waals surface area (Å²) < 4.78 is 0. The molecule has 5 heteroatoms. The molecule has 0 fully saturated rings. The van der Waals surface area contributed by atoms with Gasteiger partial charge in [-0.05, 0) is 19.3 Å². The quantitative estimate of drug-likeness (QED) is 0.677. The van der Waals surface area contributed by atoms with Crippen LogP contribution >= 0.6 is 0 Å². The largest absolute Gasteiger partial charge is 0.480 e. The van der Waals surface area contributed by atoms with Crippen LogP contribution in [0.25, 0.3) is 0 Å². The predicted octanol–water partition coefficient (Wildman–Crippen LogP) is 1.54. The second kappa shape index (κ2) is 8.40. The van der Waals surface area contributed by atoms with Gasteiger partial charge in [-0.2, -0.15) is 0 Å². The number of hydrogen-bond donors (Lipinski definition) is 2. The van der Waals surface area contributed by atoms with Crippen LogP contribution in [0.4, 0.5) is 4.79 Å². The van der Waals surface area contributed by atoms with Gasteiger partial charge in [-0.15, -0.1) is 6.42 Å². The maximum atomic E-state index is 11.8. The second-order valence-electron chi connectivity index (χ2n) is 4.55. The van der Waals surface area contributed by atoms with Crippen molar-refractivity contribution in [3.63, 3.8) is 0 Å². The summed E-state index contributed by atoms with van der Waals surface area (Å²) in [6.07, 6.45) is 7.02. The van der Waals surface area contributed by atoms with Crippen LogP contribution in [0.1, 0.15) is 33.6 Å². The molecule has 0 saturated heterocycles. The standard InChI is InChI=1S/C13H22N2O3/c1-5-7-15(9-12(16)17)13(18)14-11(4)8-10(3)6-2/h1,10-11H,6-9H2,2-4H3,(H,14,18)(H,16,17). The molecular weight excluding hydrogens is 232 g/mol. The van der Waals surface area contributed by atoms with Gasteiger partial charge in [-0.1, -0.05) is 26.2 Å². The number of carboxylic acid groups (broad SMARTS) is 1. The summed E-state index contributed by atoms with van der Waals surface area (Å²) in [4.78, 5) is 23.5. The van der Waals surface area contributed by atoms with Crippen molar-refractivity contribution >= 4 is 12.0 Å². The van der Waals surface area contributed by atoms with Crippen molar-refractivity contribution in [3.05, 3.63) is 0 Å². The van der Waals surface area contributed by atoms with Crippen LogP contribution in [0.5, 0.6) is 0 Å². The number of rotatable bonds is 7. The van der Waals surface area contributed by atoms with E-state index in [0.29, 0.717) is 5.92 Å². The van der Waals surface area contributed by atoms with Crippen molar-refractivity contribution in [2.45, 2.75) is 39.7 Å². The molecule has 0 aliphatic heterocycles. The molecule has 0 heterocycles. The highest BCUT2D eigenvalue weighted by Crippen LogP contribution is 2.09. The number of terminal acetylenes is 1. The highest BCUT2D eigenvalue weighted by atomic mass is 16.4. The summed E-state index contributed by atoms with van der Waals surface area (Å²) in [7, 11) is 0. The van der Waals surface area contributed by atoms with Crippen LogP contribution in [0.15, 0.2) is 0 Å². The van der Waals surface area contributed by atoms with E-state index in [1.165, 1.54) is 0 Å². The Balaban J connectivity index is 4.32. The topological polar surface area (TPSA) is 69.6 Å². The molecule has 2 amide bonds. The Bertz CT molecular complexity index is 323. The number of carbonyl (C=O) groups is 2. The molecule has 0 aliphatic rings. The number of hydrogen-bond acceptors (Lipinski definition) is 2.